The van der Waals surface area contributed by atoms with Crippen LogP contribution >= 0.6 is 0 Å². The van der Waals surface area contributed by atoms with Gasteiger partial charge >= 0.3 is 0 Å². The quantitative estimate of drug-likeness (QED) is 0.845. The van der Waals surface area contributed by atoms with E-state index in [1.54, 1.807) is 13.3 Å². The smallest absolute Gasteiger partial charge is 0.227 e. The van der Waals surface area contributed by atoms with Crippen molar-refractivity contribution in [1.29, 1.82) is 0 Å². The van der Waals surface area contributed by atoms with Crippen molar-refractivity contribution in [2.24, 2.45) is 0 Å². The number of aryl methyl sites for hydroxylation is 1. The Morgan fingerprint density at radius 1 is 1.52 bits per heavy atom. The minimum Gasteiger partial charge on any atom is -0.382 e. The van der Waals surface area contributed by atoms with Crippen molar-refractivity contribution in [3.8, 4) is 0 Å². The Balaban J connectivity index is 2.01. The van der Waals surface area contributed by atoms with Gasteiger partial charge in [0.1, 0.15) is 0 Å². The second kappa shape index (κ2) is 6.54. The molecule has 1 aromatic rings. The van der Waals surface area contributed by atoms with Gasteiger partial charge < -0.3 is 14.4 Å². The number of pyridine rings is 1. The molecule has 1 aliphatic heterocycles. The van der Waals surface area contributed by atoms with E-state index in [1.807, 2.05) is 37.8 Å². The first kappa shape index (κ1) is 15.9. The molecule has 21 heavy (non-hydrogen) atoms. The maximum Gasteiger partial charge on any atom is 0.227 e. The van der Waals surface area contributed by atoms with E-state index in [0.29, 0.717) is 26.1 Å². The predicted octanol–water partition coefficient (Wildman–Crippen LogP) is 1.58. The van der Waals surface area contributed by atoms with E-state index in [-0.39, 0.29) is 17.6 Å². The van der Waals surface area contributed by atoms with Gasteiger partial charge in [0.25, 0.3) is 0 Å². The number of carbonyl (C=O) groups is 1. The SMILES string of the molecule is COC[C@H]1CN(C(=O)Cc2ccc(C)nc2)CC(C)(C)O1. The minimum absolute atomic E-state index is 0.0705. The summed E-state index contributed by atoms with van der Waals surface area (Å²) in [5.74, 6) is 0.109. The summed E-state index contributed by atoms with van der Waals surface area (Å²) in [4.78, 5) is 18.6. The van der Waals surface area contributed by atoms with Crippen molar-refractivity contribution >= 4 is 5.91 Å². The van der Waals surface area contributed by atoms with Crippen LogP contribution in [0.5, 0.6) is 0 Å². The van der Waals surface area contributed by atoms with Crippen molar-refractivity contribution in [3.05, 3.63) is 29.6 Å². The standard InChI is InChI=1S/C16H24N2O3/c1-12-5-6-13(8-17-12)7-15(19)18-9-14(10-20-4)21-16(2,3)11-18/h5-6,8,14H,7,9-11H2,1-4H3/t14-/m1/s1. The van der Waals surface area contributed by atoms with E-state index >= 15 is 0 Å². The molecule has 1 fully saturated rings. The molecule has 1 atom stereocenters. The number of amides is 1. The Labute approximate surface area is 126 Å². The molecule has 1 aliphatic rings. The summed E-state index contributed by atoms with van der Waals surface area (Å²) in [6, 6.07) is 3.89. The lowest BCUT2D eigenvalue weighted by molar-refractivity contribution is -0.168. The average molecular weight is 292 g/mol. The van der Waals surface area contributed by atoms with Crippen LogP contribution in [-0.2, 0) is 20.7 Å². The van der Waals surface area contributed by atoms with Gasteiger partial charge in [-0.25, -0.2) is 0 Å². The number of ether oxygens (including phenoxy) is 2. The maximum absolute atomic E-state index is 12.5. The van der Waals surface area contributed by atoms with Crippen molar-refractivity contribution in [3.63, 3.8) is 0 Å². The summed E-state index contributed by atoms with van der Waals surface area (Å²) in [5, 5.41) is 0. The van der Waals surface area contributed by atoms with Gasteiger partial charge in [0.15, 0.2) is 0 Å². The number of rotatable bonds is 4. The van der Waals surface area contributed by atoms with E-state index in [9.17, 15) is 4.79 Å². The number of methoxy groups -OCH3 is 1. The first-order valence-corrected chi connectivity index (χ1v) is 7.26. The number of carbonyl (C=O) groups excluding carboxylic acids is 1. The van der Waals surface area contributed by atoms with Crippen molar-refractivity contribution in [2.45, 2.75) is 38.9 Å². The Bertz CT molecular complexity index is 485. The lowest BCUT2D eigenvalue weighted by Crippen LogP contribution is -2.56. The molecule has 116 valence electrons. The molecule has 2 heterocycles. The molecule has 5 nitrogen and oxygen atoms in total. The molecule has 0 bridgehead atoms. The molecule has 1 aromatic heterocycles. The van der Waals surface area contributed by atoms with E-state index in [1.165, 1.54) is 0 Å². The number of aromatic nitrogens is 1. The molecule has 0 saturated carbocycles. The summed E-state index contributed by atoms with van der Waals surface area (Å²) in [5.41, 5.74) is 1.56. The number of morpholine rings is 1. The van der Waals surface area contributed by atoms with E-state index in [0.717, 1.165) is 11.3 Å². The molecular weight excluding hydrogens is 268 g/mol. The lowest BCUT2D eigenvalue weighted by atomic mass is 10.0. The zero-order valence-corrected chi connectivity index (χ0v) is 13.3. The fourth-order valence-electron chi connectivity index (χ4n) is 2.65. The van der Waals surface area contributed by atoms with Crippen LogP contribution in [0.2, 0.25) is 0 Å². The van der Waals surface area contributed by atoms with Crippen LogP contribution in [0.15, 0.2) is 18.3 Å². The van der Waals surface area contributed by atoms with Crippen LogP contribution in [0.25, 0.3) is 0 Å². The monoisotopic (exact) mass is 292 g/mol. The van der Waals surface area contributed by atoms with Crippen molar-refractivity contribution in [2.75, 3.05) is 26.8 Å². The maximum atomic E-state index is 12.5. The van der Waals surface area contributed by atoms with Crippen molar-refractivity contribution < 1.29 is 14.3 Å². The third-order valence-corrected chi connectivity index (χ3v) is 3.51. The highest BCUT2D eigenvalue weighted by molar-refractivity contribution is 5.79. The highest BCUT2D eigenvalue weighted by Gasteiger charge is 2.35. The van der Waals surface area contributed by atoms with Gasteiger partial charge in [0.05, 0.1) is 24.7 Å². The van der Waals surface area contributed by atoms with Crippen LogP contribution in [0.3, 0.4) is 0 Å². The fourth-order valence-corrected chi connectivity index (χ4v) is 2.65. The van der Waals surface area contributed by atoms with Crippen LogP contribution in [0.1, 0.15) is 25.1 Å². The summed E-state index contributed by atoms with van der Waals surface area (Å²) < 4.78 is 11.1. The van der Waals surface area contributed by atoms with E-state index in [2.05, 4.69) is 4.98 Å². The zero-order valence-electron chi connectivity index (χ0n) is 13.3. The van der Waals surface area contributed by atoms with Gasteiger partial charge in [-0.3, -0.25) is 9.78 Å². The van der Waals surface area contributed by atoms with Crippen LogP contribution in [0, 0.1) is 6.92 Å². The molecule has 0 aliphatic carbocycles. The largest absolute Gasteiger partial charge is 0.382 e. The molecule has 1 amide bonds. The second-order valence-electron chi connectivity index (χ2n) is 6.21. The summed E-state index contributed by atoms with van der Waals surface area (Å²) in [6.07, 6.45) is 2.08. The Morgan fingerprint density at radius 2 is 2.29 bits per heavy atom. The highest BCUT2D eigenvalue weighted by Crippen LogP contribution is 2.22. The predicted molar refractivity (Wildman–Crippen MR) is 80.1 cm³/mol. The van der Waals surface area contributed by atoms with Gasteiger partial charge in [-0.2, -0.15) is 0 Å². The first-order chi connectivity index (χ1) is 9.89. The molecule has 0 spiro atoms. The Hall–Kier alpha value is -1.46. The Morgan fingerprint density at radius 3 is 2.90 bits per heavy atom. The van der Waals surface area contributed by atoms with Crippen LogP contribution < -0.4 is 0 Å². The summed E-state index contributed by atoms with van der Waals surface area (Å²) >= 11 is 0. The summed E-state index contributed by atoms with van der Waals surface area (Å²) in [6.45, 7) is 7.62. The molecule has 0 N–H and O–H groups in total. The molecular formula is C16H24N2O3. The molecule has 1 saturated heterocycles. The molecule has 0 unspecified atom stereocenters. The van der Waals surface area contributed by atoms with E-state index < -0.39 is 0 Å². The van der Waals surface area contributed by atoms with Crippen molar-refractivity contribution in [1.82, 2.24) is 9.88 Å². The minimum atomic E-state index is -0.345. The highest BCUT2D eigenvalue weighted by atomic mass is 16.5. The zero-order chi connectivity index (χ0) is 15.5. The average Bonchev–Trinajstić information content (AvgIpc) is 2.40. The molecule has 0 aromatic carbocycles. The number of hydrogen-bond acceptors (Lipinski definition) is 4. The normalized spacial score (nSPS) is 21.3. The van der Waals surface area contributed by atoms with Gasteiger partial charge in [-0.1, -0.05) is 6.07 Å². The molecule has 0 radical (unpaired) electrons. The third kappa shape index (κ3) is 4.51. The van der Waals surface area contributed by atoms with Crippen LogP contribution in [0.4, 0.5) is 0 Å². The second-order valence-corrected chi connectivity index (χ2v) is 6.21. The van der Waals surface area contributed by atoms with Gasteiger partial charge in [-0.05, 0) is 32.4 Å². The number of hydrogen-bond donors (Lipinski definition) is 0. The molecule has 2 rings (SSSR count). The van der Waals surface area contributed by atoms with Gasteiger partial charge in [-0.15, -0.1) is 0 Å². The van der Waals surface area contributed by atoms with Gasteiger partial charge in [0, 0.05) is 32.1 Å². The number of nitrogens with zero attached hydrogens (tertiary/aromatic N) is 2. The van der Waals surface area contributed by atoms with Crippen LogP contribution in [-0.4, -0.2) is 54.3 Å². The summed E-state index contributed by atoms with van der Waals surface area (Å²) in [7, 11) is 1.65. The molecule has 5 heteroatoms. The third-order valence-electron chi connectivity index (χ3n) is 3.51. The Kier molecular flexibility index (Phi) is 4.96. The fraction of sp³-hybridized carbons (Fsp3) is 0.625. The lowest BCUT2D eigenvalue weighted by Gasteiger charge is -2.42. The first-order valence-electron chi connectivity index (χ1n) is 7.26. The van der Waals surface area contributed by atoms with Gasteiger partial charge in [0.2, 0.25) is 5.91 Å². The topological polar surface area (TPSA) is 51.7 Å². The van der Waals surface area contributed by atoms with E-state index in [4.69, 9.17) is 9.47 Å².